The summed E-state index contributed by atoms with van der Waals surface area (Å²) in [6.07, 6.45) is 6.57. The number of hydrogen-bond acceptors (Lipinski definition) is 6. The molecule has 0 bridgehead atoms. The zero-order chi connectivity index (χ0) is 24.8. The Morgan fingerprint density at radius 3 is 2.63 bits per heavy atom. The normalized spacial score (nSPS) is 17.1. The van der Waals surface area contributed by atoms with E-state index in [0.717, 1.165) is 30.5 Å². The van der Waals surface area contributed by atoms with E-state index in [0.29, 0.717) is 30.1 Å². The van der Waals surface area contributed by atoms with E-state index in [-0.39, 0.29) is 24.1 Å². The maximum Gasteiger partial charge on any atom is 0.130 e. The van der Waals surface area contributed by atoms with Gasteiger partial charge in [0.2, 0.25) is 0 Å². The van der Waals surface area contributed by atoms with Crippen molar-refractivity contribution in [1.82, 2.24) is 15.2 Å². The van der Waals surface area contributed by atoms with Crippen LogP contribution in [0.3, 0.4) is 0 Å². The number of hydrogen-bond donors (Lipinski definition) is 4. The fraction of sp³-hybridized carbons (Fsp3) is 0.296. The van der Waals surface area contributed by atoms with Crippen LogP contribution in [0.1, 0.15) is 41.0 Å². The van der Waals surface area contributed by atoms with Crippen LogP contribution in [-0.2, 0) is 6.54 Å². The van der Waals surface area contributed by atoms with Gasteiger partial charge in [-0.25, -0.2) is 8.78 Å². The molecular formula is C27H30F2N6. The molecule has 0 saturated carbocycles. The largest absolute Gasteiger partial charge is 0.398 e. The molecule has 6 nitrogen and oxygen atoms in total. The summed E-state index contributed by atoms with van der Waals surface area (Å²) in [5.74, 6) is -1.22. The van der Waals surface area contributed by atoms with E-state index in [1.807, 2.05) is 12.1 Å². The highest BCUT2D eigenvalue weighted by atomic mass is 19.1. The number of nitrogens with one attached hydrogen (secondary N) is 3. The summed E-state index contributed by atoms with van der Waals surface area (Å²) in [5.41, 5.74) is 9.35. The van der Waals surface area contributed by atoms with Gasteiger partial charge in [0.1, 0.15) is 11.6 Å². The molecule has 2 unspecified atom stereocenters. The Morgan fingerprint density at radius 2 is 1.91 bits per heavy atom. The fourth-order valence-electron chi connectivity index (χ4n) is 4.53. The Labute approximate surface area is 204 Å². The number of nitrogens with zero attached hydrogens (tertiary/aromatic N) is 2. The molecule has 35 heavy (non-hydrogen) atoms. The molecule has 0 radical (unpaired) electrons. The molecule has 1 fully saturated rings. The molecule has 1 saturated heterocycles. The highest BCUT2D eigenvalue weighted by Crippen LogP contribution is 2.23. The summed E-state index contributed by atoms with van der Waals surface area (Å²) in [4.78, 5) is 6.07. The van der Waals surface area contributed by atoms with Gasteiger partial charge in [0, 0.05) is 72.6 Å². The smallest absolute Gasteiger partial charge is 0.130 e. The van der Waals surface area contributed by atoms with Gasteiger partial charge in [-0.2, -0.15) is 0 Å². The SMILES string of the molecule is N=CC(CNC1CCCN(Cc2c(F)cccc2F)C1)c1ccc(N)c(C(=N)c2ccncc2)c1. The molecule has 0 amide bonds. The van der Waals surface area contributed by atoms with Crippen LogP contribution in [0.4, 0.5) is 14.5 Å². The predicted molar refractivity (Wildman–Crippen MR) is 135 cm³/mol. The van der Waals surface area contributed by atoms with Crippen molar-refractivity contribution in [3.05, 3.63) is 94.8 Å². The summed E-state index contributed by atoms with van der Waals surface area (Å²) in [6.45, 7) is 2.25. The molecule has 1 aromatic heterocycles. The van der Waals surface area contributed by atoms with Crippen molar-refractivity contribution in [3.8, 4) is 0 Å². The van der Waals surface area contributed by atoms with Crippen LogP contribution in [0.5, 0.6) is 0 Å². The standard InChI is InChI=1S/C27H30F2N6/c28-24-4-1-5-25(29)23(24)17-35-12-2-3-21(16-35)34-15-20(14-30)19-6-7-26(31)22(13-19)27(32)18-8-10-33-11-9-18/h1,4-11,13-14,20-21,30,32,34H,2-3,12,15-17,31H2. The van der Waals surface area contributed by atoms with Crippen molar-refractivity contribution in [2.75, 3.05) is 25.4 Å². The number of piperidine rings is 1. The average molecular weight is 477 g/mol. The second-order valence-electron chi connectivity index (χ2n) is 8.91. The van der Waals surface area contributed by atoms with Crippen molar-refractivity contribution < 1.29 is 8.78 Å². The first-order chi connectivity index (χ1) is 17.0. The number of nitrogen functional groups attached to an aromatic ring is 1. The molecule has 1 aliphatic rings. The molecule has 0 spiro atoms. The lowest BCUT2D eigenvalue weighted by molar-refractivity contribution is 0.179. The van der Waals surface area contributed by atoms with E-state index in [4.69, 9.17) is 16.6 Å². The van der Waals surface area contributed by atoms with Crippen LogP contribution in [0, 0.1) is 22.5 Å². The molecule has 4 rings (SSSR count). The monoisotopic (exact) mass is 476 g/mol. The Morgan fingerprint density at radius 1 is 1.17 bits per heavy atom. The number of pyridine rings is 1. The first-order valence-electron chi connectivity index (χ1n) is 11.7. The summed E-state index contributed by atoms with van der Waals surface area (Å²) in [6, 6.07) is 13.2. The van der Waals surface area contributed by atoms with Gasteiger partial charge in [0.15, 0.2) is 0 Å². The minimum atomic E-state index is -0.513. The maximum absolute atomic E-state index is 14.1. The lowest BCUT2D eigenvalue weighted by atomic mass is 9.93. The van der Waals surface area contributed by atoms with E-state index in [1.165, 1.54) is 24.4 Å². The molecule has 1 aliphatic heterocycles. The van der Waals surface area contributed by atoms with Gasteiger partial charge in [-0.1, -0.05) is 12.1 Å². The number of likely N-dealkylation sites (tertiary alicyclic amines) is 1. The van der Waals surface area contributed by atoms with Crippen molar-refractivity contribution in [3.63, 3.8) is 0 Å². The van der Waals surface area contributed by atoms with E-state index in [2.05, 4.69) is 15.2 Å². The third-order valence-electron chi connectivity index (χ3n) is 6.52. The maximum atomic E-state index is 14.1. The van der Waals surface area contributed by atoms with Crippen LogP contribution < -0.4 is 11.1 Å². The van der Waals surface area contributed by atoms with Gasteiger partial charge < -0.3 is 16.5 Å². The van der Waals surface area contributed by atoms with Crippen LogP contribution in [0.2, 0.25) is 0 Å². The van der Waals surface area contributed by atoms with Crippen molar-refractivity contribution in [2.45, 2.75) is 31.3 Å². The minimum absolute atomic E-state index is 0.108. The first kappa shape index (κ1) is 24.6. The Balaban J connectivity index is 1.41. The molecule has 8 heteroatoms. The quantitative estimate of drug-likeness (QED) is 0.272. The molecule has 3 aromatic rings. The van der Waals surface area contributed by atoms with Gasteiger partial charge in [0.05, 0.1) is 5.71 Å². The summed E-state index contributed by atoms with van der Waals surface area (Å²) in [7, 11) is 0. The average Bonchev–Trinajstić information content (AvgIpc) is 2.88. The molecule has 182 valence electrons. The highest BCUT2D eigenvalue weighted by Gasteiger charge is 2.23. The lowest BCUT2D eigenvalue weighted by Crippen LogP contribution is -2.46. The third kappa shape index (κ3) is 5.96. The Bertz CT molecular complexity index is 1160. The molecular weight excluding hydrogens is 446 g/mol. The van der Waals surface area contributed by atoms with Crippen LogP contribution in [-0.4, -0.2) is 47.5 Å². The molecule has 0 aliphatic carbocycles. The van der Waals surface area contributed by atoms with Crippen molar-refractivity contribution in [1.29, 1.82) is 10.8 Å². The van der Waals surface area contributed by atoms with E-state index in [9.17, 15) is 8.78 Å². The van der Waals surface area contributed by atoms with Crippen molar-refractivity contribution >= 4 is 17.6 Å². The van der Waals surface area contributed by atoms with E-state index >= 15 is 0 Å². The van der Waals surface area contributed by atoms with Crippen molar-refractivity contribution in [2.24, 2.45) is 0 Å². The summed E-state index contributed by atoms with van der Waals surface area (Å²) in [5, 5.41) is 20.1. The Kier molecular flexibility index (Phi) is 7.94. The Hall–Kier alpha value is -3.49. The summed E-state index contributed by atoms with van der Waals surface area (Å²) >= 11 is 0. The zero-order valence-electron chi connectivity index (χ0n) is 19.5. The van der Waals surface area contributed by atoms with Gasteiger partial charge >= 0.3 is 0 Å². The summed E-state index contributed by atoms with van der Waals surface area (Å²) < 4.78 is 28.2. The lowest BCUT2D eigenvalue weighted by Gasteiger charge is -2.34. The van der Waals surface area contributed by atoms with Gasteiger partial charge in [-0.3, -0.25) is 15.3 Å². The molecule has 2 atom stereocenters. The number of anilines is 1. The van der Waals surface area contributed by atoms with Gasteiger partial charge in [0.25, 0.3) is 0 Å². The highest BCUT2D eigenvalue weighted by molar-refractivity contribution is 6.13. The molecule has 2 aromatic carbocycles. The van der Waals surface area contributed by atoms with Crippen LogP contribution >= 0.6 is 0 Å². The molecule has 5 N–H and O–H groups in total. The van der Waals surface area contributed by atoms with Gasteiger partial charge in [-0.05, 0) is 61.3 Å². The zero-order valence-corrected chi connectivity index (χ0v) is 19.5. The third-order valence-corrected chi connectivity index (χ3v) is 6.52. The second-order valence-corrected chi connectivity index (χ2v) is 8.91. The van der Waals surface area contributed by atoms with Crippen LogP contribution in [0.15, 0.2) is 60.9 Å². The molecule has 2 heterocycles. The topological polar surface area (TPSA) is 102 Å². The number of benzene rings is 2. The number of aromatic nitrogens is 1. The fourth-order valence-corrected chi connectivity index (χ4v) is 4.53. The van der Waals surface area contributed by atoms with E-state index in [1.54, 1.807) is 30.6 Å². The van der Waals surface area contributed by atoms with Gasteiger partial charge in [-0.15, -0.1) is 0 Å². The van der Waals surface area contributed by atoms with E-state index < -0.39 is 11.6 Å². The number of nitrogens with two attached hydrogens (primary N) is 1. The van der Waals surface area contributed by atoms with Crippen LogP contribution in [0.25, 0.3) is 0 Å². The predicted octanol–water partition coefficient (Wildman–Crippen LogP) is 4.35. The second kappa shape index (κ2) is 11.3. The number of halogens is 2. The minimum Gasteiger partial charge on any atom is -0.398 e. The first-order valence-corrected chi connectivity index (χ1v) is 11.7. The number of rotatable bonds is 9.